The highest BCUT2D eigenvalue weighted by atomic mass is 32.2. The largest absolute Gasteiger partial charge is 0.395 e. The first-order valence-corrected chi connectivity index (χ1v) is 7.48. The maximum atomic E-state index is 13.3. The van der Waals surface area contributed by atoms with Gasteiger partial charge in [0.1, 0.15) is 5.82 Å². The third-order valence-corrected chi connectivity index (χ3v) is 4.93. The number of nitrogens with one attached hydrogen (secondary N) is 1. The van der Waals surface area contributed by atoms with Crippen LogP contribution in [0.1, 0.15) is 24.9 Å². The van der Waals surface area contributed by atoms with E-state index in [9.17, 15) is 12.8 Å². The van der Waals surface area contributed by atoms with Crippen LogP contribution >= 0.6 is 0 Å². The molecule has 100 valence electrons. The predicted octanol–water partition coefficient (Wildman–Crippen LogP) is 1.01. The zero-order valence-corrected chi connectivity index (χ0v) is 10.9. The second kappa shape index (κ2) is 4.95. The minimum absolute atomic E-state index is 0.0431. The zero-order chi connectivity index (χ0) is 13.3. The van der Waals surface area contributed by atoms with Gasteiger partial charge in [0.2, 0.25) is 0 Å². The monoisotopic (exact) mass is 273 g/mol. The highest BCUT2D eigenvalue weighted by Gasteiger charge is 2.31. The highest BCUT2D eigenvalue weighted by molar-refractivity contribution is 7.91. The minimum atomic E-state index is -3.30. The van der Waals surface area contributed by atoms with E-state index in [0.29, 0.717) is 12.0 Å². The smallest absolute Gasteiger partial charge is 0.178 e. The fraction of sp³-hybridized carbons (Fsp3) is 0.500. The van der Waals surface area contributed by atoms with Gasteiger partial charge in [-0.25, -0.2) is 12.8 Å². The lowest BCUT2D eigenvalue weighted by Crippen LogP contribution is -2.37. The Labute approximate surface area is 106 Å². The number of aliphatic hydroxyl groups is 1. The van der Waals surface area contributed by atoms with Gasteiger partial charge in [0.25, 0.3) is 0 Å². The van der Waals surface area contributed by atoms with Crippen molar-refractivity contribution >= 4 is 9.84 Å². The van der Waals surface area contributed by atoms with Gasteiger partial charge >= 0.3 is 0 Å². The molecule has 1 aliphatic rings. The van der Waals surface area contributed by atoms with Crippen LogP contribution in [0.3, 0.4) is 0 Å². The number of halogens is 1. The number of sulfone groups is 1. The molecular formula is C12H16FNO3S. The summed E-state index contributed by atoms with van der Waals surface area (Å²) >= 11 is 0. The number of hydrogen-bond donors (Lipinski definition) is 2. The highest BCUT2D eigenvalue weighted by Crippen LogP contribution is 2.32. The molecule has 1 aromatic rings. The van der Waals surface area contributed by atoms with Crippen LogP contribution in [0.25, 0.3) is 0 Å². The van der Waals surface area contributed by atoms with Crippen LogP contribution in [-0.2, 0) is 9.84 Å². The Morgan fingerprint density at radius 3 is 2.94 bits per heavy atom. The lowest BCUT2D eigenvalue weighted by molar-refractivity contribution is 0.238. The summed E-state index contributed by atoms with van der Waals surface area (Å²) in [6.45, 7) is 1.75. The Hall–Kier alpha value is -0.980. The minimum Gasteiger partial charge on any atom is -0.395 e. The van der Waals surface area contributed by atoms with Gasteiger partial charge in [-0.05, 0) is 37.1 Å². The molecule has 0 fully saturated rings. The van der Waals surface area contributed by atoms with Crippen LogP contribution in [0.2, 0.25) is 0 Å². The van der Waals surface area contributed by atoms with E-state index in [1.54, 1.807) is 6.92 Å². The molecule has 2 atom stereocenters. The molecule has 0 saturated carbocycles. The predicted molar refractivity (Wildman–Crippen MR) is 65.5 cm³/mol. The maximum Gasteiger partial charge on any atom is 0.178 e. The Balaban J connectivity index is 2.41. The summed E-state index contributed by atoms with van der Waals surface area (Å²) in [5, 5.41) is 12.1. The maximum absolute atomic E-state index is 13.3. The number of rotatable bonds is 3. The molecule has 0 spiro atoms. The molecule has 2 rings (SSSR count). The van der Waals surface area contributed by atoms with Crippen molar-refractivity contribution in [3.05, 3.63) is 29.6 Å². The molecule has 2 unspecified atom stereocenters. The summed E-state index contributed by atoms with van der Waals surface area (Å²) in [5.41, 5.74) is 0.460. The van der Waals surface area contributed by atoms with Crippen LogP contribution in [0.15, 0.2) is 23.1 Å². The van der Waals surface area contributed by atoms with Gasteiger partial charge < -0.3 is 10.4 Å². The van der Waals surface area contributed by atoms with Crippen LogP contribution in [0, 0.1) is 5.82 Å². The molecule has 0 saturated heterocycles. The summed E-state index contributed by atoms with van der Waals surface area (Å²) in [6.07, 6.45) is 0.392. The van der Waals surface area contributed by atoms with E-state index in [2.05, 4.69) is 5.32 Å². The van der Waals surface area contributed by atoms with Crippen molar-refractivity contribution < 1.29 is 17.9 Å². The van der Waals surface area contributed by atoms with Crippen LogP contribution in [0.4, 0.5) is 4.39 Å². The Morgan fingerprint density at radius 1 is 1.56 bits per heavy atom. The van der Waals surface area contributed by atoms with Crippen LogP contribution < -0.4 is 5.32 Å². The van der Waals surface area contributed by atoms with Gasteiger partial charge in [0.05, 0.1) is 17.3 Å². The van der Waals surface area contributed by atoms with E-state index in [1.165, 1.54) is 12.1 Å². The third kappa shape index (κ3) is 2.55. The molecule has 2 N–H and O–H groups in total. The number of benzene rings is 1. The molecule has 18 heavy (non-hydrogen) atoms. The first kappa shape index (κ1) is 13.5. The third-order valence-electron chi connectivity index (χ3n) is 3.12. The van der Waals surface area contributed by atoms with Crippen molar-refractivity contribution in [1.29, 1.82) is 0 Å². The molecule has 1 aromatic carbocycles. The molecule has 1 aliphatic heterocycles. The summed E-state index contributed by atoms with van der Waals surface area (Å²) in [6, 6.07) is 3.34. The molecule has 0 aliphatic carbocycles. The van der Waals surface area contributed by atoms with E-state index in [0.717, 1.165) is 6.07 Å². The van der Waals surface area contributed by atoms with Gasteiger partial charge in [-0.1, -0.05) is 0 Å². The Bertz CT molecular complexity index is 544. The molecule has 6 heteroatoms. The fourth-order valence-electron chi connectivity index (χ4n) is 2.18. The SMILES string of the molecule is CC(CO)NC1CCS(=O)(=O)c2ccc(F)cc21. The Morgan fingerprint density at radius 2 is 2.28 bits per heavy atom. The summed E-state index contributed by atoms with van der Waals surface area (Å²) in [5.74, 6) is -0.407. The van der Waals surface area contributed by atoms with E-state index in [-0.39, 0.29) is 29.3 Å². The molecule has 4 nitrogen and oxygen atoms in total. The zero-order valence-electron chi connectivity index (χ0n) is 10.1. The average molecular weight is 273 g/mol. The first-order chi connectivity index (χ1) is 8.44. The summed E-state index contributed by atoms with van der Waals surface area (Å²) < 4.78 is 37.0. The van der Waals surface area contributed by atoms with E-state index < -0.39 is 15.7 Å². The molecule has 0 aromatic heterocycles. The standard InChI is InChI=1S/C12H16FNO3S/c1-8(7-15)14-11-4-5-18(16,17)12-3-2-9(13)6-10(11)12/h2-3,6,8,11,14-15H,4-5,7H2,1H3. The van der Waals surface area contributed by atoms with Gasteiger partial charge in [-0.2, -0.15) is 0 Å². The molecule has 0 bridgehead atoms. The molecular weight excluding hydrogens is 257 g/mol. The quantitative estimate of drug-likeness (QED) is 0.807. The van der Waals surface area contributed by atoms with Crippen molar-refractivity contribution in [1.82, 2.24) is 5.32 Å². The lowest BCUT2D eigenvalue weighted by Gasteiger charge is -2.28. The summed E-state index contributed by atoms with van der Waals surface area (Å²) in [7, 11) is -3.30. The molecule has 0 radical (unpaired) electrons. The van der Waals surface area contributed by atoms with Crippen molar-refractivity contribution in [2.45, 2.75) is 30.3 Å². The van der Waals surface area contributed by atoms with E-state index >= 15 is 0 Å². The number of hydrogen-bond acceptors (Lipinski definition) is 4. The van der Waals surface area contributed by atoms with Crippen LogP contribution in [-0.4, -0.2) is 31.9 Å². The van der Waals surface area contributed by atoms with Gasteiger partial charge in [-0.15, -0.1) is 0 Å². The van der Waals surface area contributed by atoms with Crippen molar-refractivity contribution in [2.75, 3.05) is 12.4 Å². The number of aliphatic hydroxyl groups excluding tert-OH is 1. The van der Waals surface area contributed by atoms with Gasteiger partial charge in [0.15, 0.2) is 9.84 Å². The summed E-state index contributed by atoms with van der Waals surface area (Å²) in [4.78, 5) is 0.192. The second-order valence-corrected chi connectivity index (χ2v) is 6.67. The van der Waals surface area contributed by atoms with Crippen molar-refractivity contribution in [3.63, 3.8) is 0 Å². The van der Waals surface area contributed by atoms with Gasteiger partial charge in [-0.3, -0.25) is 0 Å². The number of fused-ring (bicyclic) bond motifs is 1. The molecule has 0 amide bonds. The topological polar surface area (TPSA) is 66.4 Å². The Kier molecular flexibility index (Phi) is 3.70. The van der Waals surface area contributed by atoms with Crippen LogP contribution in [0.5, 0.6) is 0 Å². The van der Waals surface area contributed by atoms with E-state index in [1.807, 2.05) is 0 Å². The lowest BCUT2D eigenvalue weighted by atomic mass is 10.0. The second-order valence-electron chi connectivity index (χ2n) is 4.59. The van der Waals surface area contributed by atoms with Crippen molar-refractivity contribution in [2.24, 2.45) is 0 Å². The first-order valence-electron chi connectivity index (χ1n) is 5.83. The molecule has 1 heterocycles. The fourth-order valence-corrected chi connectivity index (χ4v) is 3.78. The van der Waals surface area contributed by atoms with Gasteiger partial charge in [0, 0.05) is 12.1 Å². The van der Waals surface area contributed by atoms with E-state index in [4.69, 9.17) is 5.11 Å². The van der Waals surface area contributed by atoms with Crippen molar-refractivity contribution in [3.8, 4) is 0 Å². The normalized spacial score (nSPS) is 23.4. The average Bonchev–Trinajstić information content (AvgIpc) is 2.32.